The fourth-order valence-electron chi connectivity index (χ4n) is 5.05. The zero-order valence-corrected chi connectivity index (χ0v) is 27.6. The molecule has 44 heavy (non-hydrogen) atoms. The minimum Gasteiger partial charge on any atom is -0.493 e. The maximum atomic E-state index is 14.1. The van der Waals surface area contributed by atoms with Crippen molar-refractivity contribution < 1.29 is 27.5 Å². The molecule has 0 unspecified atom stereocenters. The fraction of sp³-hybridized carbons (Fsp3) is 0.355. The number of rotatable bonds is 12. The number of nitrogens with one attached hydrogen (secondary N) is 1. The molecule has 1 aliphatic rings. The third kappa shape index (κ3) is 7.90. The smallest absolute Gasteiger partial charge is 0.264 e. The van der Waals surface area contributed by atoms with E-state index in [1.54, 1.807) is 25.1 Å². The predicted octanol–water partition coefficient (Wildman–Crippen LogP) is 6.34. The van der Waals surface area contributed by atoms with Gasteiger partial charge in [-0.05, 0) is 73.9 Å². The summed E-state index contributed by atoms with van der Waals surface area (Å²) in [6.07, 6.45) is 3.78. The number of benzene rings is 3. The molecule has 0 saturated heterocycles. The number of nitrogens with zero attached hydrogens (tertiary/aromatic N) is 2. The number of halogens is 3. The fourth-order valence-corrected chi connectivity index (χ4v) is 6.93. The summed E-state index contributed by atoms with van der Waals surface area (Å²) in [6.45, 7) is 0.996. The van der Waals surface area contributed by atoms with Crippen LogP contribution in [-0.4, -0.2) is 58.0 Å². The highest BCUT2D eigenvalue weighted by atomic mass is 35.5. The van der Waals surface area contributed by atoms with Gasteiger partial charge >= 0.3 is 0 Å². The molecule has 0 heterocycles. The molecule has 2 amide bonds. The first kappa shape index (κ1) is 33.7. The lowest BCUT2D eigenvalue weighted by molar-refractivity contribution is -0.139. The molecule has 0 aliphatic heterocycles. The number of hydrogen-bond acceptors (Lipinski definition) is 6. The Labute approximate surface area is 273 Å². The summed E-state index contributed by atoms with van der Waals surface area (Å²) in [5, 5.41) is 4.06. The minimum atomic E-state index is -4.33. The first-order chi connectivity index (χ1) is 20.9. The molecule has 1 aliphatic carbocycles. The lowest BCUT2D eigenvalue weighted by atomic mass is 10.1. The molecule has 0 aromatic heterocycles. The second-order valence-corrected chi connectivity index (χ2v) is 13.6. The molecule has 3 aromatic carbocycles. The first-order valence-corrected chi connectivity index (χ1v) is 16.6. The molecule has 1 saturated carbocycles. The number of methoxy groups -OCH3 is 2. The van der Waals surface area contributed by atoms with Crippen LogP contribution < -0.4 is 19.1 Å². The van der Waals surface area contributed by atoms with Gasteiger partial charge in [0.25, 0.3) is 10.0 Å². The van der Waals surface area contributed by atoms with Crippen molar-refractivity contribution in [3.63, 3.8) is 0 Å². The van der Waals surface area contributed by atoms with E-state index in [2.05, 4.69) is 5.32 Å². The molecule has 0 spiro atoms. The zero-order valence-electron chi connectivity index (χ0n) is 24.6. The van der Waals surface area contributed by atoms with E-state index in [9.17, 15) is 18.0 Å². The Balaban J connectivity index is 1.72. The van der Waals surface area contributed by atoms with Crippen LogP contribution in [0.3, 0.4) is 0 Å². The summed E-state index contributed by atoms with van der Waals surface area (Å²) < 4.78 is 39.8. The highest BCUT2D eigenvalue weighted by Crippen LogP contribution is 2.33. The van der Waals surface area contributed by atoms with Gasteiger partial charge in [0, 0.05) is 23.7 Å². The summed E-state index contributed by atoms with van der Waals surface area (Å²) >= 11 is 18.5. The van der Waals surface area contributed by atoms with Gasteiger partial charge in [-0.2, -0.15) is 0 Å². The zero-order chi connectivity index (χ0) is 32.0. The molecule has 9 nitrogen and oxygen atoms in total. The van der Waals surface area contributed by atoms with E-state index in [-0.39, 0.29) is 34.8 Å². The monoisotopic (exact) mass is 681 g/mol. The molecule has 0 bridgehead atoms. The number of carbonyl (C=O) groups excluding carboxylic acids is 2. The van der Waals surface area contributed by atoms with Crippen LogP contribution in [0.5, 0.6) is 11.5 Å². The molecule has 13 heteroatoms. The summed E-state index contributed by atoms with van der Waals surface area (Å²) in [4.78, 5) is 28.7. The average molecular weight is 683 g/mol. The predicted molar refractivity (Wildman–Crippen MR) is 172 cm³/mol. The second kappa shape index (κ2) is 14.7. The number of amides is 2. The van der Waals surface area contributed by atoms with Crippen molar-refractivity contribution in [1.29, 1.82) is 0 Å². The maximum absolute atomic E-state index is 14.1. The van der Waals surface area contributed by atoms with Crippen LogP contribution in [-0.2, 0) is 26.2 Å². The van der Waals surface area contributed by atoms with Crippen LogP contribution in [0.2, 0.25) is 15.1 Å². The molecular formula is C31H34Cl3N3O6S. The lowest BCUT2D eigenvalue weighted by Crippen LogP contribution is -2.52. The molecule has 0 radical (unpaired) electrons. The normalized spacial score (nSPS) is 14.1. The van der Waals surface area contributed by atoms with Crippen molar-refractivity contribution in [3.05, 3.63) is 81.3 Å². The summed E-state index contributed by atoms with van der Waals surface area (Å²) in [5.74, 6) is -0.389. The van der Waals surface area contributed by atoms with Crippen LogP contribution >= 0.6 is 34.8 Å². The van der Waals surface area contributed by atoms with Crippen molar-refractivity contribution in [2.45, 2.75) is 56.1 Å². The standard InChI is InChI=1S/C31H34Cl3N3O6S/c1-20(31(39)35-23-6-4-5-7-23)36(18-21-8-14-26(33)27(34)16-21)30(38)19-37(24-11-9-22(32)10-12-24)44(40,41)25-13-15-28(42-2)29(17-25)43-3/h8-17,20,23H,4-7,18-19H2,1-3H3,(H,35,39)/t20-/m0/s1. The molecule has 3 aromatic rings. The Morgan fingerprint density at radius 3 is 2.18 bits per heavy atom. The number of hydrogen-bond donors (Lipinski definition) is 1. The Morgan fingerprint density at radius 1 is 0.909 bits per heavy atom. The van der Waals surface area contributed by atoms with Gasteiger partial charge in [-0.3, -0.25) is 13.9 Å². The summed E-state index contributed by atoms with van der Waals surface area (Å²) in [7, 11) is -1.50. The van der Waals surface area contributed by atoms with Crippen LogP contribution in [0.15, 0.2) is 65.6 Å². The van der Waals surface area contributed by atoms with E-state index in [0.717, 1.165) is 30.0 Å². The number of sulfonamides is 1. The Bertz CT molecular complexity index is 1600. The molecule has 1 fully saturated rings. The van der Waals surface area contributed by atoms with Gasteiger partial charge in [0.1, 0.15) is 12.6 Å². The highest BCUT2D eigenvalue weighted by Gasteiger charge is 2.34. The van der Waals surface area contributed by atoms with Gasteiger partial charge in [0.05, 0.1) is 34.8 Å². The van der Waals surface area contributed by atoms with E-state index >= 15 is 0 Å². The topological polar surface area (TPSA) is 105 Å². The Kier molecular flexibility index (Phi) is 11.3. The molecule has 1 N–H and O–H groups in total. The third-order valence-corrected chi connectivity index (χ3v) is 10.3. The Morgan fingerprint density at radius 2 is 1.57 bits per heavy atom. The van der Waals surface area contributed by atoms with Gasteiger partial charge in [-0.25, -0.2) is 8.42 Å². The largest absolute Gasteiger partial charge is 0.493 e. The van der Waals surface area contributed by atoms with Crippen LogP contribution in [0.25, 0.3) is 0 Å². The lowest BCUT2D eigenvalue weighted by Gasteiger charge is -2.32. The maximum Gasteiger partial charge on any atom is 0.264 e. The molecule has 4 rings (SSSR count). The number of ether oxygens (including phenoxy) is 2. The van der Waals surface area contributed by atoms with E-state index in [0.29, 0.717) is 26.4 Å². The van der Waals surface area contributed by atoms with Crippen molar-refractivity contribution in [1.82, 2.24) is 10.2 Å². The van der Waals surface area contributed by atoms with E-state index in [4.69, 9.17) is 44.3 Å². The van der Waals surface area contributed by atoms with Gasteiger partial charge in [0.2, 0.25) is 11.8 Å². The second-order valence-electron chi connectivity index (χ2n) is 10.4. The average Bonchev–Trinajstić information content (AvgIpc) is 3.53. The van der Waals surface area contributed by atoms with Crippen molar-refractivity contribution in [2.75, 3.05) is 25.1 Å². The van der Waals surface area contributed by atoms with Gasteiger partial charge in [0.15, 0.2) is 11.5 Å². The van der Waals surface area contributed by atoms with E-state index in [1.165, 1.54) is 61.6 Å². The molecule has 1 atom stereocenters. The number of anilines is 1. The van der Waals surface area contributed by atoms with Crippen LogP contribution in [0.1, 0.15) is 38.2 Å². The SMILES string of the molecule is COc1ccc(S(=O)(=O)N(CC(=O)N(Cc2ccc(Cl)c(Cl)c2)[C@@H](C)C(=O)NC2CCCC2)c2ccc(Cl)cc2)cc1OC. The van der Waals surface area contributed by atoms with Gasteiger partial charge in [-0.15, -0.1) is 0 Å². The highest BCUT2D eigenvalue weighted by molar-refractivity contribution is 7.92. The molecular weight excluding hydrogens is 649 g/mol. The van der Waals surface area contributed by atoms with Crippen molar-refractivity contribution in [2.24, 2.45) is 0 Å². The Hall–Kier alpha value is -3.18. The van der Waals surface area contributed by atoms with E-state index in [1.807, 2.05) is 0 Å². The van der Waals surface area contributed by atoms with Gasteiger partial charge in [-0.1, -0.05) is 53.7 Å². The summed E-state index contributed by atoms with van der Waals surface area (Å²) in [6, 6.07) is 14.3. The van der Waals surface area contributed by atoms with Crippen LogP contribution in [0, 0.1) is 0 Å². The van der Waals surface area contributed by atoms with Crippen molar-refractivity contribution >= 4 is 62.3 Å². The minimum absolute atomic E-state index is 0.0140. The first-order valence-electron chi connectivity index (χ1n) is 14.0. The van der Waals surface area contributed by atoms with Crippen molar-refractivity contribution in [3.8, 4) is 11.5 Å². The van der Waals surface area contributed by atoms with Gasteiger partial charge < -0.3 is 19.7 Å². The third-order valence-electron chi connectivity index (χ3n) is 7.54. The molecule has 236 valence electrons. The van der Waals surface area contributed by atoms with E-state index < -0.39 is 28.5 Å². The summed E-state index contributed by atoms with van der Waals surface area (Å²) in [5.41, 5.74) is 0.823. The van der Waals surface area contributed by atoms with Crippen LogP contribution in [0.4, 0.5) is 5.69 Å². The number of carbonyl (C=O) groups is 2. The quantitative estimate of drug-likeness (QED) is 0.239.